The van der Waals surface area contributed by atoms with Gasteiger partial charge in [0, 0.05) is 6.04 Å². The van der Waals surface area contributed by atoms with Crippen LogP contribution in [0.5, 0.6) is 5.75 Å². The largest absolute Gasteiger partial charge is 0.493 e. The van der Waals surface area contributed by atoms with Gasteiger partial charge in [-0.05, 0) is 49.8 Å². The third-order valence-corrected chi connectivity index (χ3v) is 2.94. The number of rotatable bonds is 6. The molecule has 0 aromatic heterocycles. The highest BCUT2D eigenvalue weighted by atomic mass is 16.5. The number of aryl methyl sites for hydroxylation is 1. The van der Waals surface area contributed by atoms with E-state index in [1.165, 1.54) is 11.1 Å². The quantitative estimate of drug-likeness (QED) is 0.764. The fraction of sp³-hybridized carbons (Fsp3) is 0.600. The number of hydrogen-bond acceptors (Lipinski definition) is 2. The van der Waals surface area contributed by atoms with Crippen LogP contribution in [0.4, 0.5) is 0 Å². The zero-order valence-electron chi connectivity index (χ0n) is 11.5. The third kappa shape index (κ3) is 4.78. The van der Waals surface area contributed by atoms with Crippen molar-refractivity contribution >= 4 is 0 Å². The van der Waals surface area contributed by atoms with Gasteiger partial charge >= 0.3 is 0 Å². The summed E-state index contributed by atoms with van der Waals surface area (Å²) in [5, 5.41) is 0. The van der Waals surface area contributed by atoms with E-state index in [-0.39, 0.29) is 6.04 Å². The van der Waals surface area contributed by atoms with Crippen molar-refractivity contribution in [3.8, 4) is 5.75 Å². The Kier molecular flexibility index (Phi) is 5.49. The molecule has 0 aliphatic carbocycles. The van der Waals surface area contributed by atoms with Crippen LogP contribution in [0.1, 0.15) is 50.7 Å². The number of benzene rings is 1. The van der Waals surface area contributed by atoms with E-state index in [0.29, 0.717) is 5.92 Å². The van der Waals surface area contributed by atoms with Crippen molar-refractivity contribution in [2.75, 3.05) is 6.61 Å². The molecule has 0 saturated heterocycles. The second kappa shape index (κ2) is 6.65. The highest BCUT2D eigenvalue weighted by molar-refractivity contribution is 5.37. The highest BCUT2D eigenvalue weighted by Crippen LogP contribution is 2.24. The minimum atomic E-state index is 0.265. The molecule has 0 aliphatic heterocycles. The lowest BCUT2D eigenvalue weighted by Crippen LogP contribution is -2.15. The van der Waals surface area contributed by atoms with Crippen LogP contribution in [-0.4, -0.2) is 12.6 Å². The summed E-state index contributed by atoms with van der Waals surface area (Å²) >= 11 is 0. The molecule has 2 heteroatoms. The summed E-state index contributed by atoms with van der Waals surface area (Å²) < 4.78 is 5.82. The molecule has 1 unspecified atom stereocenters. The molecule has 1 aromatic rings. The summed E-state index contributed by atoms with van der Waals surface area (Å²) in [4.78, 5) is 0. The van der Waals surface area contributed by atoms with Crippen LogP contribution in [0.2, 0.25) is 0 Å². The molecule has 0 spiro atoms. The lowest BCUT2D eigenvalue weighted by Gasteiger charge is -2.13. The average molecular weight is 235 g/mol. The van der Waals surface area contributed by atoms with Crippen LogP contribution in [0.15, 0.2) is 18.2 Å². The zero-order valence-corrected chi connectivity index (χ0v) is 11.5. The van der Waals surface area contributed by atoms with Crippen molar-refractivity contribution in [2.24, 2.45) is 5.73 Å². The molecule has 0 bridgehead atoms. The molecule has 17 heavy (non-hydrogen) atoms. The SMILES string of the molecule is Cc1ccc(C(C)C)cc1OCCCC(C)N. The first-order valence-electron chi connectivity index (χ1n) is 6.49. The minimum absolute atomic E-state index is 0.265. The van der Waals surface area contributed by atoms with Gasteiger partial charge in [-0.3, -0.25) is 0 Å². The molecule has 0 aliphatic rings. The van der Waals surface area contributed by atoms with E-state index < -0.39 is 0 Å². The normalized spacial score (nSPS) is 12.8. The molecular weight excluding hydrogens is 210 g/mol. The van der Waals surface area contributed by atoms with Crippen LogP contribution in [0.25, 0.3) is 0 Å². The van der Waals surface area contributed by atoms with Crippen molar-refractivity contribution in [1.29, 1.82) is 0 Å². The fourth-order valence-corrected chi connectivity index (χ4v) is 1.72. The summed E-state index contributed by atoms with van der Waals surface area (Å²) in [6.07, 6.45) is 2.03. The third-order valence-electron chi connectivity index (χ3n) is 2.94. The van der Waals surface area contributed by atoms with E-state index in [1.807, 2.05) is 6.92 Å². The maximum atomic E-state index is 5.82. The maximum Gasteiger partial charge on any atom is 0.122 e. The first-order valence-corrected chi connectivity index (χ1v) is 6.49. The smallest absolute Gasteiger partial charge is 0.122 e. The van der Waals surface area contributed by atoms with Gasteiger partial charge in [0.25, 0.3) is 0 Å². The summed E-state index contributed by atoms with van der Waals surface area (Å²) in [6, 6.07) is 6.73. The van der Waals surface area contributed by atoms with Gasteiger partial charge in [0.05, 0.1) is 6.61 Å². The van der Waals surface area contributed by atoms with E-state index in [0.717, 1.165) is 25.2 Å². The zero-order chi connectivity index (χ0) is 12.8. The van der Waals surface area contributed by atoms with Gasteiger partial charge in [0.15, 0.2) is 0 Å². The Morgan fingerprint density at radius 1 is 1.24 bits per heavy atom. The van der Waals surface area contributed by atoms with Crippen LogP contribution < -0.4 is 10.5 Å². The molecule has 0 heterocycles. The number of nitrogens with two attached hydrogens (primary N) is 1. The Balaban J connectivity index is 2.54. The van der Waals surface area contributed by atoms with Crippen molar-refractivity contribution in [3.63, 3.8) is 0 Å². The second-order valence-corrected chi connectivity index (χ2v) is 5.15. The molecule has 0 radical (unpaired) electrons. The van der Waals surface area contributed by atoms with Gasteiger partial charge < -0.3 is 10.5 Å². The van der Waals surface area contributed by atoms with Crippen molar-refractivity contribution in [1.82, 2.24) is 0 Å². The lowest BCUT2D eigenvalue weighted by atomic mass is 10.0. The van der Waals surface area contributed by atoms with Gasteiger partial charge in [0.1, 0.15) is 5.75 Å². The molecule has 2 N–H and O–H groups in total. The molecule has 1 atom stereocenters. The van der Waals surface area contributed by atoms with Crippen LogP contribution >= 0.6 is 0 Å². The van der Waals surface area contributed by atoms with Gasteiger partial charge in [-0.2, -0.15) is 0 Å². The maximum absolute atomic E-state index is 5.82. The molecule has 1 rings (SSSR count). The standard InChI is InChI=1S/C15H25NO/c1-11(2)14-8-7-12(3)15(10-14)17-9-5-6-13(4)16/h7-8,10-11,13H,5-6,9,16H2,1-4H3. The van der Waals surface area contributed by atoms with E-state index in [2.05, 4.69) is 39.0 Å². The van der Waals surface area contributed by atoms with Crippen molar-refractivity contribution in [3.05, 3.63) is 29.3 Å². The van der Waals surface area contributed by atoms with E-state index in [1.54, 1.807) is 0 Å². The van der Waals surface area contributed by atoms with E-state index in [4.69, 9.17) is 10.5 Å². The second-order valence-electron chi connectivity index (χ2n) is 5.15. The van der Waals surface area contributed by atoms with Crippen LogP contribution in [0.3, 0.4) is 0 Å². The Bertz CT molecular complexity index is 345. The summed E-state index contributed by atoms with van der Waals surface area (Å²) in [6.45, 7) is 9.27. The topological polar surface area (TPSA) is 35.2 Å². The molecule has 96 valence electrons. The Morgan fingerprint density at radius 2 is 1.94 bits per heavy atom. The van der Waals surface area contributed by atoms with E-state index >= 15 is 0 Å². The van der Waals surface area contributed by atoms with E-state index in [9.17, 15) is 0 Å². The molecule has 1 aromatic carbocycles. The summed E-state index contributed by atoms with van der Waals surface area (Å²) in [5.41, 5.74) is 8.25. The van der Waals surface area contributed by atoms with Crippen LogP contribution in [0, 0.1) is 6.92 Å². The predicted molar refractivity (Wildman–Crippen MR) is 73.6 cm³/mol. The Hall–Kier alpha value is -1.02. The molecule has 0 amide bonds. The van der Waals surface area contributed by atoms with Crippen molar-refractivity contribution in [2.45, 2.75) is 52.5 Å². The molecule has 0 saturated carbocycles. The van der Waals surface area contributed by atoms with Crippen molar-refractivity contribution < 1.29 is 4.74 Å². The molecular formula is C15H25NO. The number of hydrogen-bond donors (Lipinski definition) is 1. The van der Waals surface area contributed by atoms with Gasteiger partial charge in [-0.15, -0.1) is 0 Å². The number of ether oxygens (including phenoxy) is 1. The molecule has 2 nitrogen and oxygen atoms in total. The highest BCUT2D eigenvalue weighted by Gasteiger charge is 2.04. The monoisotopic (exact) mass is 235 g/mol. The average Bonchev–Trinajstić information content (AvgIpc) is 2.25. The lowest BCUT2D eigenvalue weighted by molar-refractivity contribution is 0.300. The van der Waals surface area contributed by atoms with Gasteiger partial charge in [-0.25, -0.2) is 0 Å². The first kappa shape index (κ1) is 14.0. The predicted octanol–water partition coefficient (Wildman–Crippen LogP) is 3.62. The first-order chi connectivity index (χ1) is 8.00. The van der Waals surface area contributed by atoms with Gasteiger partial charge in [0.2, 0.25) is 0 Å². The van der Waals surface area contributed by atoms with Crippen LogP contribution in [-0.2, 0) is 0 Å². The minimum Gasteiger partial charge on any atom is -0.493 e. The summed E-state index contributed by atoms with van der Waals surface area (Å²) in [7, 11) is 0. The Morgan fingerprint density at radius 3 is 2.53 bits per heavy atom. The fourth-order valence-electron chi connectivity index (χ4n) is 1.72. The Labute approximate surface area is 105 Å². The summed E-state index contributed by atoms with van der Waals surface area (Å²) in [5.74, 6) is 1.56. The van der Waals surface area contributed by atoms with Gasteiger partial charge in [-0.1, -0.05) is 26.0 Å². The molecule has 0 fully saturated rings.